The maximum atomic E-state index is 8.96. The summed E-state index contributed by atoms with van der Waals surface area (Å²) in [5.41, 5.74) is 3.93. The number of hydrogen-bond acceptors (Lipinski definition) is 6. The van der Waals surface area contributed by atoms with E-state index in [1.165, 1.54) is 11.1 Å². The van der Waals surface area contributed by atoms with E-state index in [2.05, 4.69) is 33.1 Å². The molecule has 0 bridgehead atoms. The fraction of sp³-hybridized carbons (Fsp3) is 0.261. The second kappa shape index (κ2) is 9.54. The van der Waals surface area contributed by atoms with Crippen molar-refractivity contribution in [2.24, 2.45) is 10.1 Å². The van der Waals surface area contributed by atoms with Gasteiger partial charge in [0.15, 0.2) is 0 Å². The van der Waals surface area contributed by atoms with Crippen LogP contribution in [0.25, 0.3) is 0 Å². The summed E-state index contributed by atoms with van der Waals surface area (Å²) in [6.45, 7) is 3.81. The van der Waals surface area contributed by atoms with E-state index in [0.29, 0.717) is 28.7 Å². The van der Waals surface area contributed by atoms with Crippen LogP contribution in [0.4, 0.5) is 11.4 Å². The van der Waals surface area contributed by atoms with Crippen molar-refractivity contribution in [3.8, 4) is 6.07 Å². The van der Waals surface area contributed by atoms with Crippen LogP contribution >= 0.6 is 11.6 Å². The number of nitriles is 1. The molecule has 0 N–H and O–H groups in total. The summed E-state index contributed by atoms with van der Waals surface area (Å²) >= 11 is 6.41. The lowest BCUT2D eigenvalue weighted by molar-refractivity contribution is 0.718. The summed E-state index contributed by atoms with van der Waals surface area (Å²) in [5.74, 6) is 0.581. The number of aliphatic imine (C=N–C) groups is 1. The molecule has 1 aromatic heterocycles. The minimum atomic E-state index is 0.501. The van der Waals surface area contributed by atoms with Crippen molar-refractivity contribution in [1.29, 1.82) is 5.26 Å². The van der Waals surface area contributed by atoms with Crippen LogP contribution in [-0.2, 0) is 0 Å². The molecule has 2 heterocycles. The van der Waals surface area contributed by atoms with Gasteiger partial charge in [0.25, 0.3) is 0 Å². The second-order valence-corrected chi connectivity index (χ2v) is 7.53. The molecular formula is C23H22ClN7. The zero-order chi connectivity index (χ0) is 21.6. The number of halogens is 1. The minimum absolute atomic E-state index is 0.501. The first kappa shape index (κ1) is 20.8. The summed E-state index contributed by atoms with van der Waals surface area (Å²) in [5, 5.41) is 18.2. The first-order valence-corrected chi connectivity index (χ1v) is 10.6. The maximum absolute atomic E-state index is 8.96. The Morgan fingerprint density at radius 2 is 1.94 bits per heavy atom. The van der Waals surface area contributed by atoms with Crippen molar-refractivity contribution in [2.75, 3.05) is 18.0 Å². The van der Waals surface area contributed by atoms with Gasteiger partial charge >= 0.3 is 0 Å². The molecule has 0 aliphatic carbocycles. The van der Waals surface area contributed by atoms with Gasteiger partial charge in [-0.05, 0) is 36.8 Å². The highest BCUT2D eigenvalue weighted by Crippen LogP contribution is 2.26. The van der Waals surface area contributed by atoms with Gasteiger partial charge in [-0.3, -0.25) is 0 Å². The first-order chi connectivity index (χ1) is 15.2. The van der Waals surface area contributed by atoms with Gasteiger partial charge in [-0.2, -0.15) is 5.26 Å². The molecule has 0 atom stereocenters. The Bertz CT molecular complexity index is 1160. The van der Waals surface area contributed by atoms with Crippen LogP contribution in [0.5, 0.6) is 0 Å². The number of unbranched alkanes of at least 4 members (excludes halogenated alkanes) is 1. The molecule has 0 amide bonds. The number of nitrogens with zero attached hydrogens (tertiary/aromatic N) is 7. The number of rotatable bonds is 8. The number of hydrogen-bond donors (Lipinski definition) is 0. The average molecular weight is 432 g/mol. The van der Waals surface area contributed by atoms with E-state index in [1.807, 2.05) is 48.5 Å². The zero-order valence-corrected chi connectivity index (χ0v) is 18.0. The fourth-order valence-electron chi connectivity index (χ4n) is 3.42. The van der Waals surface area contributed by atoms with E-state index in [0.717, 1.165) is 42.9 Å². The van der Waals surface area contributed by atoms with Crippen LogP contribution in [0.3, 0.4) is 0 Å². The molecule has 2 aromatic carbocycles. The van der Waals surface area contributed by atoms with Gasteiger partial charge in [-0.25, -0.2) is 9.98 Å². The molecule has 0 unspecified atom stereocenters. The highest BCUT2D eigenvalue weighted by Gasteiger charge is 2.28. The maximum Gasteiger partial charge on any atom is 0.204 e. The van der Waals surface area contributed by atoms with E-state index < -0.39 is 0 Å². The molecule has 4 rings (SSSR count). The highest BCUT2D eigenvalue weighted by atomic mass is 35.5. The molecule has 0 fully saturated rings. The molecule has 0 saturated heterocycles. The van der Waals surface area contributed by atoms with Crippen LogP contribution in [0.2, 0.25) is 5.02 Å². The number of anilines is 1. The van der Waals surface area contributed by atoms with Gasteiger partial charge < -0.3 is 4.90 Å². The van der Waals surface area contributed by atoms with E-state index in [-0.39, 0.29) is 0 Å². The Morgan fingerprint density at radius 3 is 2.68 bits per heavy atom. The summed E-state index contributed by atoms with van der Waals surface area (Å²) < 4.78 is 0. The third kappa shape index (κ3) is 4.49. The van der Waals surface area contributed by atoms with Gasteiger partial charge in [0.05, 0.1) is 23.2 Å². The minimum Gasteiger partial charge on any atom is -0.371 e. The van der Waals surface area contributed by atoms with Gasteiger partial charge in [0.2, 0.25) is 5.82 Å². The third-order valence-electron chi connectivity index (χ3n) is 5.02. The smallest absolute Gasteiger partial charge is 0.204 e. The van der Waals surface area contributed by atoms with Crippen LogP contribution in [0, 0.1) is 11.3 Å². The Hall–Kier alpha value is -3.50. The average Bonchev–Trinajstić information content (AvgIpc) is 3.38. The molecule has 0 radical (unpaired) electrons. The Kier molecular flexibility index (Phi) is 6.39. The van der Waals surface area contributed by atoms with E-state index in [4.69, 9.17) is 21.9 Å². The first-order valence-electron chi connectivity index (χ1n) is 10.3. The van der Waals surface area contributed by atoms with Crippen molar-refractivity contribution in [3.05, 3.63) is 71.3 Å². The van der Waals surface area contributed by atoms with Gasteiger partial charge in [-0.15, -0.1) is 15.0 Å². The van der Waals surface area contributed by atoms with Crippen LogP contribution < -0.4 is 4.90 Å². The predicted octanol–water partition coefficient (Wildman–Crippen LogP) is 4.84. The van der Waals surface area contributed by atoms with Crippen molar-refractivity contribution in [3.63, 3.8) is 0 Å². The SMILES string of the molecule is CCCCN(CCC#N)c1ccc(/N=C2/C(c3ccccc3Cl)=Nn3ncnc32)cc1. The molecule has 8 heteroatoms. The fourth-order valence-corrected chi connectivity index (χ4v) is 3.65. The molecular weight excluding hydrogens is 410 g/mol. The number of benzene rings is 2. The molecule has 3 aromatic rings. The van der Waals surface area contributed by atoms with Crippen LogP contribution in [-0.4, -0.2) is 39.4 Å². The second-order valence-electron chi connectivity index (χ2n) is 7.13. The topological polar surface area (TPSA) is 82.5 Å². The monoisotopic (exact) mass is 431 g/mol. The van der Waals surface area contributed by atoms with E-state index in [1.54, 1.807) is 0 Å². The molecule has 31 heavy (non-hydrogen) atoms. The van der Waals surface area contributed by atoms with Gasteiger partial charge in [0.1, 0.15) is 17.8 Å². The molecule has 7 nitrogen and oxygen atoms in total. The lowest BCUT2D eigenvalue weighted by Gasteiger charge is -2.23. The lowest BCUT2D eigenvalue weighted by Crippen LogP contribution is -2.25. The summed E-state index contributed by atoms with van der Waals surface area (Å²) in [6.07, 6.45) is 4.16. The summed E-state index contributed by atoms with van der Waals surface area (Å²) in [7, 11) is 0. The quantitative estimate of drug-likeness (QED) is 0.511. The zero-order valence-electron chi connectivity index (χ0n) is 17.2. The number of aromatic nitrogens is 3. The van der Waals surface area contributed by atoms with Crippen molar-refractivity contribution >= 4 is 34.4 Å². The summed E-state index contributed by atoms with van der Waals surface area (Å²) in [4.78, 5) is 12.9. The molecule has 0 saturated carbocycles. The van der Waals surface area contributed by atoms with Crippen molar-refractivity contribution in [2.45, 2.75) is 26.2 Å². The molecule has 156 valence electrons. The Labute approximate surface area is 186 Å². The third-order valence-corrected chi connectivity index (χ3v) is 5.35. The van der Waals surface area contributed by atoms with Gasteiger partial charge in [0, 0.05) is 24.3 Å². The van der Waals surface area contributed by atoms with Crippen molar-refractivity contribution in [1.82, 2.24) is 14.9 Å². The summed E-state index contributed by atoms with van der Waals surface area (Å²) in [6, 6.07) is 17.8. The Morgan fingerprint density at radius 1 is 1.13 bits per heavy atom. The predicted molar refractivity (Wildman–Crippen MR) is 123 cm³/mol. The normalized spacial score (nSPS) is 13.7. The number of fused-ring (bicyclic) bond motifs is 1. The Balaban J connectivity index is 1.65. The van der Waals surface area contributed by atoms with Crippen molar-refractivity contribution < 1.29 is 0 Å². The van der Waals surface area contributed by atoms with Crippen LogP contribution in [0.15, 0.2) is 65.0 Å². The van der Waals surface area contributed by atoms with E-state index >= 15 is 0 Å². The van der Waals surface area contributed by atoms with Gasteiger partial charge in [-0.1, -0.05) is 43.1 Å². The molecule has 0 spiro atoms. The largest absolute Gasteiger partial charge is 0.371 e. The standard InChI is InChI=1S/C23H22ClN7/c1-2-3-14-30(15-6-13-25)18-11-9-17(10-12-18)28-22-21(19-7-4-5-8-20(19)24)29-31-23(22)26-16-27-31/h4-5,7-12,16H,2-3,6,14-15H2,1H3/b28-22-. The highest BCUT2D eigenvalue weighted by molar-refractivity contribution is 6.56. The lowest BCUT2D eigenvalue weighted by atomic mass is 10.1. The van der Waals surface area contributed by atoms with E-state index in [9.17, 15) is 0 Å². The van der Waals surface area contributed by atoms with Crippen LogP contribution in [0.1, 0.15) is 37.6 Å². The molecule has 1 aliphatic rings. The molecule has 1 aliphatic heterocycles.